The third-order valence-electron chi connectivity index (χ3n) is 3.77. The van der Waals surface area contributed by atoms with Crippen LogP contribution in [0, 0.1) is 0 Å². The van der Waals surface area contributed by atoms with E-state index < -0.39 is 11.5 Å². The molecule has 2 rings (SSSR count). The van der Waals surface area contributed by atoms with Crippen molar-refractivity contribution >= 4 is 5.97 Å². The standard InChI is InChI=1S/C12H20N4O2/c1-2-3-4-5-7-10-13-14-15-16(10)12(11(17)18)8-6-9-12/h2-9H2,1H3,(H,17,18). The number of aryl methyl sites for hydroxylation is 1. The van der Waals surface area contributed by atoms with Crippen LogP contribution < -0.4 is 0 Å². The quantitative estimate of drug-likeness (QED) is 0.748. The summed E-state index contributed by atoms with van der Waals surface area (Å²) in [7, 11) is 0. The summed E-state index contributed by atoms with van der Waals surface area (Å²) in [6, 6.07) is 0. The van der Waals surface area contributed by atoms with E-state index in [1.807, 2.05) is 0 Å². The van der Waals surface area contributed by atoms with E-state index in [0.717, 1.165) is 25.7 Å². The largest absolute Gasteiger partial charge is 0.479 e. The van der Waals surface area contributed by atoms with Crippen LogP contribution >= 0.6 is 0 Å². The van der Waals surface area contributed by atoms with E-state index in [4.69, 9.17) is 0 Å². The minimum absolute atomic E-state index is 0.634. The van der Waals surface area contributed by atoms with Gasteiger partial charge in [0.2, 0.25) is 0 Å². The first-order chi connectivity index (χ1) is 8.70. The summed E-state index contributed by atoms with van der Waals surface area (Å²) in [5.41, 5.74) is -0.871. The van der Waals surface area contributed by atoms with Gasteiger partial charge in [-0.25, -0.2) is 9.48 Å². The molecular weight excluding hydrogens is 232 g/mol. The lowest BCUT2D eigenvalue weighted by atomic mass is 9.77. The second kappa shape index (κ2) is 5.46. The van der Waals surface area contributed by atoms with Crippen LogP contribution in [-0.4, -0.2) is 31.3 Å². The first-order valence-corrected chi connectivity index (χ1v) is 6.72. The minimum atomic E-state index is -0.871. The first kappa shape index (κ1) is 13.0. The minimum Gasteiger partial charge on any atom is -0.479 e. The van der Waals surface area contributed by atoms with Gasteiger partial charge in [0, 0.05) is 6.42 Å². The third kappa shape index (κ3) is 2.23. The Morgan fingerprint density at radius 1 is 1.39 bits per heavy atom. The fourth-order valence-corrected chi connectivity index (χ4v) is 2.43. The van der Waals surface area contributed by atoms with Crippen LogP contribution in [0.15, 0.2) is 0 Å². The van der Waals surface area contributed by atoms with Crippen LogP contribution in [0.5, 0.6) is 0 Å². The summed E-state index contributed by atoms with van der Waals surface area (Å²) in [5.74, 6) is -0.0935. The maximum absolute atomic E-state index is 11.4. The summed E-state index contributed by atoms with van der Waals surface area (Å²) >= 11 is 0. The number of carboxylic acid groups (broad SMARTS) is 1. The summed E-state index contributed by atoms with van der Waals surface area (Å²) < 4.78 is 1.55. The monoisotopic (exact) mass is 252 g/mol. The molecule has 1 saturated carbocycles. The van der Waals surface area contributed by atoms with E-state index in [-0.39, 0.29) is 0 Å². The predicted octanol–water partition coefficient (Wildman–Crippen LogP) is 1.76. The van der Waals surface area contributed by atoms with E-state index in [2.05, 4.69) is 22.4 Å². The van der Waals surface area contributed by atoms with E-state index in [1.54, 1.807) is 4.68 Å². The van der Waals surface area contributed by atoms with E-state index >= 15 is 0 Å². The summed E-state index contributed by atoms with van der Waals surface area (Å²) in [6.07, 6.45) is 7.51. The van der Waals surface area contributed by atoms with Crippen LogP contribution in [0.2, 0.25) is 0 Å². The van der Waals surface area contributed by atoms with E-state index in [9.17, 15) is 9.90 Å². The van der Waals surface area contributed by atoms with Gasteiger partial charge in [-0.05, 0) is 36.1 Å². The van der Waals surface area contributed by atoms with Crippen LogP contribution in [0.4, 0.5) is 0 Å². The summed E-state index contributed by atoms with van der Waals surface area (Å²) in [4.78, 5) is 11.4. The molecule has 18 heavy (non-hydrogen) atoms. The molecule has 1 aliphatic carbocycles. The highest BCUT2D eigenvalue weighted by Gasteiger charge is 2.48. The Morgan fingerprint density at radius 3 is 2.72 bits per heavy atom. The molecule has 0 bridgehead atoms. The van der Waals surface area contributed by atoms with Gasteiger partial charge in [-0.2, -0.15) is 0 Å². The first-order valence-electron chi connectivity index (χ1n) is 6.72. The second-order valence-corrected chi connectivity index (χ2v) is 5.01. The zero-order valence-corrected chi connectivity index (χ0v) is 10.8. The molecule has 1 heterocycles. The van der Waals surface area contributed by atoms with Crippen LogP contribution in [0.3, 0.4) is 0 Å². The highest BCUT2D eigenvalue weighted by molar-refractivity contribution is 5.77. The molecule has 0 spiro atoms. The normalized spacial score (nSPS) is 17.4. The number of carboxylic acids is 1. The number of nitrogens with zero attached hydrogens (tertiary/aromatic N) is 4. The molecule has 1 aromatic heterocycles. The lowest BCUT2D eigenvalue weighted by Crippen LogP contribution is -2.49. The van der Waals surface area contributed by atoms with Crippen LogP contribution in [-0.2, 0) is 16.8 Å². The Labute approximate surface area is 106 Å². The Hall–Kier alpha value is -1.46. The average molecular weight is 252 g/mol. The molecule has 100 valence electrons. The van der Waals surface area contributed by atoms with Gasteiger partial charge in [0.1, 0.15) is 0 Å². The van der Waals surface area contributed by atoms with Gasteiger partial charge in [-0.15, -0.1) is 5.10 Å². The smallest absolute Gasteiger partial charge is 0.331 e. The SMILES string of the molecule is CCCCCCc1nnnn1C1(C(=O)O)CCC1. The zero-order chi connectivity index (χ0) is 13.0. The Morgan fingerprint density at radius 2 is 2.17 bits per heavy atom. The fourth-order valence-electron chi connectivity index (χ4n) is 2.43. The number of unbranched alkanes of at least 4 members (excludes halogenated alkanes) is 3. The number of rotatable bonds is 7. The highest BCUT2D eigenvalue weighted by atomic mass is 16.4. The average Bonchev–Trinajstić information content (AvgIpc) is 2.71. The van der Waals surface area contributed by atoms with Crippen molar-refractivity contribution in [2.45, 2.75) is 63.8 Å². The molecule has 0 saturated heterocycles. The van der Waals surface area contributed by atoms with Crippen molar-refractivity contribution in [2.75, 3.05) is 0 Å². The van der Waals surface area contributed by atoms with Gasteiger partial charge in [0.15, 0.2) is 11.4 Å². The molecule has 1 N–H and O–H groups in total. The molecule has 6 nitrogen and oxygen atoms in total. The maximum Gasteiger partial charge on any atom is 0.331 e. The van der Waals surface area contributed by atoms with Gasteiger partial charge in [-0.1, -0.05) is 26.2 Å². The lowest BCUT2D eigenvalue weighted by molar-refractivity contribution is -0.153. The molecule has 1 aliphatic rings. The van der Waals surface area contributed by atoms with E-state index in [0.29, 0.717) is 18.7 Å². The lowest BCUT2D eigenvalue weighted by Gasteiger charge is -2.37. The molecule has 0 aliphatic heterocycles. The molecule has 0 aromatic carbocycles. The molecule has 1 fully saturated rings. The van der Waals surface area contributed by atoms with Crippen molar-refractivity contribution in [3.8, 4) is 0 Å². The Balaban J connectivity index is 2.05. The number of aromatic nitrogens is 4. The van der Waals surface area contributed by atoms with Crippen LogP contribution in [0.25, 0.3) is 0 Å². The molecule has 0 unspecified atom stereocenters. The van der Waals surface area contributed by atoms with Crippen LogP contribution in [0.1, 0.15) is 57.7 Å². The molecular formula is C12H20N4O2. The predicted molar refractivity (Wildman–Crippen MR) is 65.1 cm³/mol. The van der Waals surface area contributed by atoms with Crippen molar-refractivity contribution in [1.29, 1.82) is 0 Å². The van der Waals surface area contributed by atoms with Crippen molar-refractivity contribution in [1.82, 2.24) is 20.2 Å². The molecule has 0 radical (unpaired) electrons. The third-order valence-corrected chi connectivity index (χ3v) is 3.77. The number of hydrogen-bond donors (Lipinski definition) is 1. The number of carbonyl (C=O) groups is 1. The van der Waals surface area contributed by atoms with Gasteiger partial charge >= 0.3 is 5.97 Å². The topological polar surface area (TPSA) is 80.9 Å². The summed E-state index contributed by atoms with van der Waals surface area (Å²) in [5, 5.41) is 20.9. The number of hydrogen-bond acceptors (Lipinski definition) is 4. The Kier molecular flexibility index (Phi) is 3.93. The Bertz CT molecular complexity index is 412. The van der Waals surface area contributed by atoms with Gasteiger partial charge in [0.25, 0.3) is 0 Å². The number of aliphatic carboxylic acids is 1. The van der Waals surface area contributed by atoms with Crippen molar-refractivity contribution in [2.24, 2.45) is 0 Å². The molecule has 0 amide bonds. The van der Waals surface area contributed by atoms with Gasteiger partial charge in [0.05, 0.1) is 0 Å². The maximum atomic E-state index is 11.4. The summed E-state index contributed by atoms with van der Waals surface area (Å²) in [6.45, 7) is 2.16. The second-order valence-electron chi connectivity index (χ2n) is 5.01. The molecule has 0 atom stereocenters. The fraction of sp³-hybridized carbons (Fsp3) is 0.833. The van der Waals surface area contributed by atoms with Crippen molar-refractivity contribution in [3.63, 3.8) is 0 Å². The molecule has 6 heteroatoms. The zero-order valence-electron chi connectivity index (χ0n) is 10.8. The number of tetrazole rings is 1. The van der Waals surface area contributed by atoms with Crippen molar-refractivity contribution < 1.29 is 9.90 Å². The van der Waals surface area contributed by atoms with Gasteiger partial charge < -0.3 is 5.11 Å². The van der Waals surface area contributed by atoms with Gasteiger partial charge in [-0.3, -0.25) is 0 Å². The van der Waals surface area contributed by atoms with E-state index in [1.165, 1.54) is 12.8 Å². The van der Waals surface area contributed by atoms with Crippen molar-refractivity contribution in [3.05, 3.63) is 5.82 Å². The molecule has 1 aromatic rings. The highest BCUT2D eigenvalue weighted by Crippen LogP contribution is 2.39.